The lowest BCUT2D eigenvalue weighted by Crippen LogP contribution is -2.04. The molecule has 6 heteroatoms. The van der Waals surface area contributed by atoms with E-state index in [0.717, 1.165) is 22.5 Å². The molecule has 0 bridgehead atoms. The summed E-state index contributed by atoms with van der Waals surface area (Å²) in [6.45, 7) is 5.94. The molecule has 132 valence electrons. The summed E-state index contributed by atoms with van der Waals surface area (Å²) in [4.78, 5) is 20.0. The molecular weight excluding hydrogens is 328 g/mol. The first-order valence-corrected chi connectivity index (χ1v) is 8.21. The summed E-state index contributed by atoms with van der Waals surface area (Å²) < 4.78 is 0. The summed E-state index contributed by atoms with van der Waals surface area (Å²) >= 11 is 0. The number of aromatic carboxylic acids is 1. The molecule has 0 fully saturated rings. The minimum Gasteiger partial charge on any atom is -0.478 e. The van der Waals surface area contributed by atoms with Gasteiger partial charge in [0.05, 0.1) is 5.56 Å². The standard InChI is InChI=1S/C20H20N4O2/c1-12-7-8-13(2)17(9-12)23-20-21-14(3)10-18(24-20)22-16-6-4-5-15(11-16)19(25)26/h4-11H,1-3H3,(H,25,26)(H2,21,22,23,24). The first-order valence-electron chi connectivity index (χ1n) is 8.21. The number of aryl methyl sites for hydroxylation is 3. The van der Waals surface area contributed by atoms with Crippen LogP contribution >= 0.6 is 0 Å². The Labute approximate surface area is 152 Å². The van der Waals surface area contributed by atoms with E-state index in [4.69, 9.17) is 5.11 Å². The summed E-state index contributed by atoms with van der Waals surface area (Å²) in [6.07, 6.45) is 0. The van der Waals surface area contributed by atoms with Gasteiger partial charge in [0.2, 0.25) is 5.95 Å². The maximum atomic E-state index is 11.1. The quantitative estimate of drug-likeness (QED) is 0.625. The molecule has 3 N–H and O–H groups in total. The summed E-state index contributed by atoms with van der Waals surface area (Å²) in [7, 11) is 0. The van der Waals surface area contributed by atoms with Gasteiger partial charge in [-0.3, -0.25) is 0 Å². The minimum atomic E-state index is -0.968. The molecule has 3 aromatic rings. The van der Waals surface area contributed by atoms with Crippen LogP contribution in [0.4, 0.5) is 23.1 Å². The Balaban J connectivity index is 1.87. The van der Waals surface area contributed by atoms with Crippen molar-refractivity contribution in [3.05, 3.63) is 70.9 Å². The minimum absolute atomic E-state index is 0.217. The van der Waals surface area contributed by atoms with E-state index >= 15 is 0 Å². The van der Waals surface area contributed by atoms with Gasteiger partial charge in [0, 0.05) is 23.1 Å². The maximum absolute atomic E-state index is 11.1. The number of anilines is 4. The second-order valence-corrected chi connectivity index (χ2v) is 6.17. The summed E-state index contributed by atoms with van der Waals surface area (Å²) in [5.74, 6) is 0.105. The highest BCUT2D eigenvalue weighted by Gasteiger charge is 2.07. The van der Waals surface area contributed by atoms with Crippen molar-refractivity contribution >= 4 is 29.1 Å². The maximum Gasteiger partial charge on any atom is 0.335 e. The fraction of sp³-hybridized carbons (Fsp3) is 0.150. The van der Waals surface area contributed by atoms with Gasteiger partial charge in [0.15, 0.2) is 0 Å². The smallest absolute Gasteiger partial charge is 0.335 e. The van der Waals surface area contributed by atoms with Gasteiger partial charge in [0.1, 0.15) is 5.82 Å². The third-order valence-corrected chi connectivity index (χ3v) is 3.88. The normalized spacial score (nSPS) is 10.4. The zero-order valence-corrected chi connectivity index (χ0v) is 14.9. The Bertz CT molecular complexity index is 970. The number of carboxylic acid groups (broad SMARTS) is 1. The molecule has 0 radical (unpaired) electrons. The number of hydrogen-bond donors (Lipinski definition) is 3. The third kappa shape index (κ3) is 4.16. The number of rotatable bonds is 5. The van der Waals surface area contributed by atoms with Crippen LogP contribution in [0.2, 0.25) is 0 Å². The fourth-order valence-electron chi connectivity index (χ4n) is 2.56. The molecule has 0 unspecified atom stereocenters. The van der Waals surface area contributed by atoms with Gasteiger partial charge >= 0.3 is 5.97 Å². The largest absolute Gasteiger partial charge is 0.478 e. The predicted molar refractivity (Wildman–Crippen MR) is 103 cm³/mol. The molecule has 1 aromatic heterocycles. The second-order valence-electron chi connectivity index (χ2n) is 6.17. The number of nitrogens with one attached hydrogen (secondary N) is 2. The molecule has 3 rings (SSSR count). The van der Waals surface area contributed by atoms with Crippen molar-refractivity contribution in [3.8, 4) is 0 Å². The van der Waals surface area contributed by atoms with Gasteiger partial charge < -0.3 is 15.7 Å². The van der Waals surface area contributed by atoms with Crippen LogP contribution in [-0.2, 0) is 0 Å². The van der Waals surface area contributed by atoms with E-state index in [0.29, 0.717) is 17.5 Å². The van der Waals surface area contributed by atoms with Gasteiger partial charge in [-0.1, -0.05) is 18.2 Å². The Morgan fingerprint density at radius 3 is 2.54 bits per heavy atom. The van der Waals surface area contributed by atoms with E-state index < -0.39 is 5.97 Å². The van der Waals surface area contributed by atoms with E-state index in [9.17, 15) is 4.79 Å². The molecule has 0 saturated heterocycles. The third-order valence-electron chi connectivity index (χ3n) is 3.88. The van der Waals surface area contributed by atoms with Crippen LogP contribution in [0.1, 0.15) is 27.2 Å². The molecule has 1 heterocycles. The van der Waals surface area contributed by atoms with E-state index in [-0.39, 0.29) is 5.56 Å². The van der Waals surface area contributed by atoms with Crippen molar-refractivity contribution in [1.29, 1.82) is 0 Å². The van der Waals surface area contributed by atoms with E-state index in [1.54, 1.807) is 24.3 Å². The zero-order valence-electron chi connectivity index (χ0n) is 14.9. The summed E-state index contributed by atoms with van der Waals surface area (Å²) in [5, 5.41) is 15.5. The van der Waals surface area contributed by atoms with E-state index in [1.807, 2.05) is 39.0 Å². The lowest BCUT2D eigenvalue weighted by molar-refractivity contribution is 0.0697. The molecule has 0 amide bonds. The number of carboxylic acids is 1. The van der Waals surface area contributed by atoms with Gasteiger partial charge in [-0.05, 0) is 56.2 Å². The van der Waals surface area contributed by atoms with E-state index in [1.165, 1.54) is 0 Å². The van der Waals surface area contributed by atoms with Crippen LogP contribution < -0.4 is 10.6 Å². The molecular formula is C20H20N4O2. The lowest BCUT2D eigenvalue weighted by atomic mass is 10.1. The van der Waals surface area contributed by atoms with E-state index in [2.05, 4.69) is 26.7 Å². The predicted octanol–water partition coefficient (Wildman–Crippen LogP) is 4.59. The molecule has 0 atom stereocenters. The van der Waals surface area contributed by atoms with Crippen LogP contribution in [0.5, 0.6) is 0 Å². The SMILES string of the molecule is Cc1ccc(C)c(Nc2nc(C)cc(Nc3cccc(C(=O)O)c3)n2)c1. The first kappa shape index (κ1) is 17.4. The highest BCUT2D eigenvalue weighted by Crippen LogP contribution is 2.22. The van der Waals surface area contributed by atoms with Crippen molar-refractivity contribution < 1.29 is 9.90 Å². The highest BCUT2D eigenvalue weighted by atomic mass is 16.4. The highest BCUT2D eigenvalue weighted by molar-refractivity contribution is 5.89. The monoisotopic (exact) mass is 348 g/mol. The van der Waals surface area contributed by atoms with Crippen molar-refractivity contribution in [1.82, 2.24) is 9.97 Å². The lowest BCUT2D eigenvalue weighted by Gasteiger charge is -2.12. The van der Waals surface area contributed by atoms with Crippen LogP contribution in [0, 0.1) is 20.8 Å². The number of hydrogen-bond acceptors (Lipinski definition) is 5. The molecule has 0 spiro atoms. The molecule has 2 aromatic carbocycles. The van der Waals surface area contributed by atoms with Gasteiger partial charge in [0.25, 0.3) is 0 Å². The van der Waals surface area contributed by atoms with Crippen molar-refractivity contribution in [2.24, 2.45) is 0 Å². The summed E-state index contributed by atoms with van der Waals surface area (Å²) in [5.41, 5.74) is 4.87. The van der Waals surface area contributed by atoms with Gasteiger partial charge in [-0.25, -0.2) is 9.78 Å². The van der Waals surface area contributed by atoms with Crippen molar-refractivity contribution in [3.63, 3.8) is 0 Å². The Kier molecular flexibility index (Phi) is 4.84. The Hall–Kier alpha value is -3.41. The number of nitrogens with zero attached hydrogens (tertiary/aromatic N) is 2. The zero-order chi connectivity index (χ0) is 18.7. The van der Waals surface area contributed by atoms with Crippen LogP contribution in [-0.4, -0.2) is 21.0 Å². The number of benzene rings is 2. The molecule has 0 aliphatic carbocycles. The average Bonchev–Trinajstić information content (AvgIpc) is 2.58. The van der Waals surface area contributed by atoms with Crippen LogP contribution in [0.3, 0.4) is 0 Å². The fourth-order valence-corrected chi connectivity index (χ4v) is 2.56. The Morgan fingerprint density at radius 1 is 0.962 bits per heavy atom. The Morgan fingerprint density at radius 2 is 1.77 bits per heavy atom. The average molecular weight is 348 g/mol. The van der Waals surface area contributed by atoms with Gasteiger partial charge in [-0.15, -0.1) is 0 Å². The van der Waals surface area contributed by atoms with Crippen LogP contribution in [0.15, 0.2) is 48.5 Å². The topological polar surface area (TPSA) is 87.1 Å². The first-order chi connectivity index (χ1) is 12.4. The van der Waals surface area contributed by atoms with Crippen molar-refractivity contribution in [2.75, 3.05) is 10.6 Å². The van der Waals surface area contributed by atoms with Gasteiger partial charge in [-0.2, -0.15) is 4.98 Å². The molecule has 0 aliphatic heterocycles. The molecule has 6 nitrogen and oxygen atoms in total. The molecule has 0 aliphatic rings. The molecule has 0 saturated carbocycles. The second kappa shape index (κ2) is 7.23. The number of carbonyl (C=O) groups is 1. The van der Waals surface area contributed by atoms with Crippen molar-refractivity contribution in [2.45, 2.75) is 20.8 Å². The summed E-state index contributed by atoms with van der Waals surface area (Å²) in [6, 6.07) is 14.6. The van der Waals surface area contributed by atoms with Crippen LogP contribution in [0.25, 0.3) is 0 Å². The number of aromatic nitrogens is 2. The molecule has 26 heavy (non-hydrogen) atoms.